The highest BCUT2D eigenvalue weighted by Gasteiger charge is 2.15. The van der Waals surface area contributed by atoms with Crippen molar-refractivity contribution in [3.63, 3.8) is 0 Å². The normalized spacial score (nSPS) is 12.5. The van der Waals surface area contributed by atoms with E-state index in [1.807, 2.05) is 27.9 Å². The fourth-order valence-electron chi connectivity index (χ4n) is 0.533. The summed E-state index contributed by atoms with van der Waals surface area (Å²) in [5.41, 5.74) is 0. The second kappa shape index (κ2) is 4.70. The lowest BCUT2D eigenvalue weighted by atomic mass is 10.4. The molecule has 0 fully saturated rings. The second-order valence-electron chi connectivity index (χ2n) is 3.26. The van der Waals surface area contributed by atoms with Gasteiger partial charge >= 0.3 is 0 Å². The van der Waals surface area contributed by atoms with Gasteiger partial charge in [-0.15, -0.1) is 0 Å². The van der Waals surface area contributed by atoms with Crippen molar-refractivity contribution in [2.75, 3.05) is 34.4 Å². The summed E-state index contributed by atoms with van der Waals surface area (Å²) in [6.45, 7) is 5.44. The van der Waals surface area contributed by atoms with Crippen LogP contribution in [0, 0.1) is 0 Å². The zero-order valence-electron chi connectivity index (χ0n) is 8.18. The first-order valence-corrected chi connectivity index (χ1v) is 3.82. The molecule has 0 heterocycles. The third-order valence-electron chi connectivity index (χ3n) is 1.48. The minimum Gasteiger partial charge on any atom is -0.354 e. The van der Waals surface area contributed by atoms with Crippen LogP contribution in [-0.4, -0.2) is 45.0 Å². The van der Waals surface area contributed by atoms with Gasteiger partial charge in [-0.25, -0.2) is 0 Å². The van der Waals surface area contributed by atoms with Gasteiger partial charge in [0.2, 0.25) is 0 Å². The third-order valence-corrected chi connectivity index (χ3v) is 1.48. The van der Waals surface area contributed by atoms with Gasteiger partial charge in [-0.2, -0.15) is 0 Å². The zero-order valence-corrected chi connectivity index (χ0v) is 8.18. The van der Waals surface area contributed by atoms with Gasteiger partial charge in [-0.1, -0.05) is 0 Å². The van der Waals surface area contributed by atoms with Crippen LogP contribution in [0.5, 0.6) is 0 Å². The number of hydrogen-bond donors (Lipinski definition) is 0. The Bertz CT molecular complexity index is 102. The van der Waals surface area contributed by atoms with Crippen molar-refractivity contribution in [1.29, 1.82) is 0 Å². The van der Waals surface area contributed by atoms with E-state index in [1.165, 1.54) is 0 Å². The van der Waals surface area contributed by atoms with Crippen molar-refractivity contribution >= 4 is 0 Å². The molecular formula is C8H19NO2. The molecule has 0 aliphatic carbocycles. The monoisotopic (exact) mass is 161 g/mol. The van der Waals surface area contributed by atoms with Gasteiger partial charge in [0.05, 0.1) is 6.61 Å². The van der Waals surface area contributed by atoms with Gasteiger partial charge < -0.3 is 14.4 Å². The molecule has 0 bridgehead atoms. The van der Waals surface area contributed by atoms with Crippen LogP contribution in [0.3, 0.4) is 0 Å². The first kappa shape index (κ1) is 10.9. The first-order chi connectivity index (χ1) is 4.98. The molecule has 0 aromatic carbocycles. The summed E-state index contributed by atoms with van der Waals surface area (Å²) in [5.74, 6) is -0.448. The maximum Gasteiger partial charge on any atom is 0.162 e. The highest BCUT2D eigenvalue weighted by atomic mass is 16.7. The van der Waals surface area contributed by atoms with Crippen LogP contribution in [0.4, 0.5) is 0 Å². The molecule has 0 N–H and O–H groups in total. The molecule has 0 saturated heterocycles. The molecule has 0 aliphatic heterocycles. The predicted molar refractivity (Wildman–Crippen MR) is 45.6 cm³/mol. The average molecular weight is 161 g/mol. The molecule has 0 aromatic rings. The van der Waals surface area contributed by atoms with Gasteiger partial charge in [0.1, 0.15) is 0 Å². The molecule has 3 heteroatoms. The molecule has 68 valence electrons. The number of rotatable bonds is 5. The van der Waals surface area contributed by atoms with Crippen LogP contribution >= 0.6 is 0 Å². The van der Waals surface area contributed by atoms with Crippen LogP contribution in [0.25, 0.3) is 0 Å². The summed E-state index contributed by atoms with van der Waals surface area (Å²) in [5, 5.41) is 0. The molecule has 0 amide bonds. The Morgan fingerprint density at radius 2 is 1.82 bits per heavy atom. The lowest BCUT2D eigenvalue weighted by Crippen LogP contribution is -2.30. The first-order valence-electron chi connectivity index (χ1n) is 3.82. The van der Waals surface area contributed by atoms with Crippen molar-refractivity contribution < 1.29 is 9.47 Å². The lowest BCUT2D eigenvalue weighted by molar-refractivity contribution is -0.197. The molecule has 0 aromatic heterocycles. The molecule has 0 saturated carbocycles. The van der Waals surface area contributed by atoms with Gasteiger partial charge in [-0.05, 0) is 27.9 Å². The van der Waals surface area contributed by atoms with E-state index in [0.29, 0.717) is 6.61 Å². The summed E-state index contributed by atoms with van der Waals surface area (Å²) in [6.07, 6.45) is 0. The van der Waals surface area contributed by atoms with E-state index in [9.17, 15) is 0 Å². The Balaban J connectivity index is 3.38. The van der Waals surface area contributed by atoms with E-state index in [1.54, 1.807) is 7.11 Å². The maximum absolute atomic E-state index is 5.43. The largest absolute Gasteiger partial charge is 0.354 e. The van der Waals surface area contributed by atoms with Crippen molar-refractivity contribution in [3.8, 4) is 0 Å². The van der Waals surface area contributed by atoms with Gasteiger partial charge in [-0.3, -0.25) is 0 Å². The van der Waals surface area contributed by atoms with E-state index in [4.69, 9.17) is 9.47 Å². The van der Waals surface area contributed by atoms with Crippen molar-refractivity contribution in [3.05, 3.63) is 0 Å². The molecule has 0 atom stereocenters. The third kappa shape index (κ3) is 6.28. The highest BCUT2D eigenvalue weighted by Crippen LogP contribution is 2.08. The van der Waals surface area contributed by atoms with E-state index >= 15 is 0 Å². The van der Waals surface area contributed by atoms with Crippen molar-refractivity contribution in [2.24, 2.45) is 0 Å². The molecule has 11 heavy (non-hydrogen) atoms. The molecular weight excluding hydrogens is 142 g/mol. The lowest BCUT2D eigenvalue weighted by Gasteiger charge is -2.24. The van der Waals surface area contributed by atoms with Gasteiger partial charge in [0.15, 0.2) is 5.79 Å². The molecule has 0 spiro atoms. The summed E-state index contributed by atoms with van der Waals surface area (Å²) >= 11 is 0. The van der Waals surface area contributed by atoms with Crippen LogP contribution in [0.1, 0.15) is 13.8 Å². The summed E-state index contributed by atoms with van der Waals surface area (Å²) in [4.78, 5) is 2.08. The maximum atomic E-state index is 5.43. The smallest absolute Gasteiger partial charge is 0.162 e. The SMILES string of the molecule is COC(C)(C)OCCN(C)C. The van der Waals surface area contributed by atoms with E-state index in [0.717, 1.165) is 6.54 Å². The Kier molecular flexibility index (Phi) is 4.65. The minimum atomic E-state index is -0.448. The summed E-state index contributed by atoms with van der Waals surface area (Å²) in [6, 6.07) is 0. The number of likely N-dealkylation sites (N-methyl/N-ethyl adjacent to an activating group) is 1. The Morgan fingerprint density at radius 3 is 2.18 bits per heavy atom. The van der Waals surface area contributed by atoms with Crippen molar-refractivity contribution in [2.45, 2.75) is 19.6 Å². The molecule has 0 rings (SSSR count). The fraction of sp³-hybridized carbons (Fsp3) is 1.00. The highest BCUT2D eigenvalue weighted by molar-refractivity contribution is 4.52. The number of nitrogens with zero attached hydrogens (tertiary/aromatic N) is 1. The molecule has 0 radical (unpaired) electrons. The van der Waals surface area contributed by atoms with E-state index in [2.05, 4.69) is 4.90 Å². The molecule has 0 unspecified atom stereocenters. The van der Waals surface area contributed by atoms with Crippen LogP contribution in [0.15, 0.2) is 0 Å². The van der Waals surface area contributed by atoms with Gasteiger partial charge in [0.25, 0.3) is 0 Å². The number of hydrogen-bond acceptors (Lipinski definition) is 3. The van der Waals surface area contributed by atoms with E-state index in [-0.39, 0.29) is 0 Å². The van der Waals surface area contributed by atoms with Crippen LogP contribution in [-0.2, 0) is 9.47 Å². The van der Waals surface area contributed by atoms with Crippen LogP contribution in [0.2, 0.25) is 0 Å². The zero-order chi connectivity index (χ0) is 8.91. The molecule has 0 aliphatic rings. The molecule has 3 nitrogen and oxygen atoms in total. The predicted octanol–water partition coefficient (Wildman–Crippen LogP) is 0.947. The van der Waals surface area contributed by atoms with Crippen molar-refractivity contribution in [1.82, 2.24) is 4.90 Å². The Morgan fingerprint density at radius 1 is 1.27 bits per heavy atom. The van der Waals surface area contributed by atoms with Gasteiger partial charge in [0, 0.05) is 13.7 Å². The summed E-state index contributed by atoms with van der Waals surface area (Å²) < 4.78 is 10.5. The van der Waals surface area contributed by atoms with Crippen LogP contribution < -0.4 is 0 Å². The summed E-state index contributed by atoms with van der Waals surface area (Å²) in [7, 11) is 5.68. The fourth-order valence-corrected chi connectivity index (χ4v) is 0.533. The Labute approximate surface area is 69.3 Å². The average Bonchev–Trinajstić information content (AvgIpc) is 1.87. The van der Waals surface area contributed by atoms with E-state index < -0.39 is 5.79 Å². The topological polar surface area (TPSA) is 21.7 Å². The number of methoxy groups -OCH3 is 1. The quantitative estimate of drug-likeness (QED) is 0.560. The second-order valence-corrected chi connectivity index (χ2v) is 3.26. The minimum absolute atomic E-state index is 0.448. The standard InChI is InChI=1S/C8H19NO2/c1-8(2,10-5)11-7-6-9(3)4/h6-7H2,1-5H3. The Hall–Kier alpha value is -0.120. The number of ether oxygens (including phenoxy) is 2.